The summed E-state index contributed by atoms with van der Waals surface area (Å²) in [6.45, 7) is 3.00. The summed E-state index contributed by atoms with van der Waals surface area (Å²) in [5, 5.41) is 11.1. The minimum absolute atomic E-state index is 0.0892. The van der Waals surface area contributed by atoms with Crippen LogP contribution in [0.25, 0.3) is 0 Å². The van der Waals surface area contributed by atoms with Crippen molar-refractivity contribution in [2.75, 3.05) is 13.2 Å². The molecule has 0 heterocycles. The molecule has 0 aliphatic carbocycles. The predicted molar refractivity (Wildman–Crippen MR) is 70.3 cm³/mol. The van der Waals surface area contributed by atoms with Crippen molar-refractivity contribution in [2.45, 2.75) is 12.5 Å². The first-order valence-corrected chi connectivity index (χ1v) is 5.91. The summed E-state index contributed by atoms with van der Waals surface area (Å²) in [6.07, 6.45) is 1.42. The Morgan fingerprint density at radius 1 is 1.37 bits per heavy atom. The topological polar surface area (TPSA) is 75.6 Å². The van der Waals surface area contributed by atoms with Gasteiger partial charge in [-0.05, 0) is 11.6 Å². The van der Waals surface area contributed by atoms with Crippen molar-refractivity contribution in [1.29, 1.82) is 0 Å². The molecule has 0 aromatic heterocycles. The largest absolute Gasteiger partial charge is 0.462 e. The third kappa shape index (κ3) is 5.35. The quantitative estimate of drug-likeness (QED) is 0.553. The highest BCUT2D eigenvalue weighted by atomic mass is 16.5. The first-order valence-electron chi connectivity index (χ1n) is 5.91. The van der Waals surface area contributed by atoms with Crippen molar-refractivity contribution in [3.05, 3.63) is 48.6 Å². The number of aliphatic hydroxyl groups excluding tert-OH is 1. The lowest BCUT2D eigenvalue weighted by molar-refractivity contribution is -0.148. The Labute approximate surface area is 111 Å². The fraction of sp³-hybridized carbons (Fsp3) is 0.286. The number of aliphatic hydroxyl groups is 1. The first kappa shape index (κ1) is 14.9. The minimum Gasteiger partial charge on any atom is -0.462 e. The second-order valence-electron chi connectivity index (χ2n) is 3.85. The standard InChI is InChI=1S/C14H17NO4/c1-2-13(17)15-12(14(18)19-9-8-16)10-11-6-4-3-5-7-11/h2-7,12,16H,1,8-10H2,(H,15,17). The summed E-state index contributed by atoms with van der Waals surface area (Å²) >= 11 is 0. The van der Waals surface area contributed by atoms with Crippen molar-refractivity contribution in [1.82, 2.24) is 5.32 Å². The monoisotopic (exact) mass is 263 g/mol. The van der Waals surface area contributed by atoms with Gasteiger partial charge in [-0.15, -0.1) is 0 Å². The van der Waals surface area contributed by atoms with Crippen molar-refractivity contribution in [3.63, 3.8) is 0 Å². The molecule has 19 heavy (non-hydrogen) atoms. The zero-order chi connectivity index (χ0) is 14.1. The third-order valence-corrected chi connectivity index (χ3v) is 2.40. The van der Waals surface area contributed by atoms with E-state index in [0.29, 0.717) is 6.42 Å². The molecule has 0 fully saturated rings. The average Bonchev–Trinajstić information content (AvgIpc) is 2.44. The van der Waals surface area contributed by atoms with Crippen LogP contribution in [0.4, 0.5) is 0 Å². The lowest BCUT2D eigenvalue weighted by Crippen LogP contribution is -2.42. The Hall–Kier alpha value is -2.14. The van der Waals surface area contributed by atoms with Crippen LogP contribution in [0.1, 0.15) is 5.56 Å². The number of carbonyl (C=O) groups is 2. The molecule has 1 atom stereocenters. The van der Waals surface area contributed by atoms with Crippen molar-refractivity contribution in [2.24, 2.45) is 0 Å². The van der Waals surface area contributed by atoms with E-state index in [1.54, 1.807) is 0 Å². The van der Waals surface area contributed by atoms with Crippen LogP contribution in [-0.4, -0.2) is 36.2 Å². The molecule has 102 valence electrons. The van der Waals surface area contributed by atoms with E-state index in [9.17, 15) is 9.59 Å². The molecular formula is C14H17NO4. The van der Waals surface area contributed by atoms with E-state index >= 15 is 0 Å². The van der Waals surface area contributed by atoms with Crippen molar-refractivity contribution in [3.8, 4) is 0 Å². The second-order valence-corrected chi connectivity index (χ2v) is 3.85. The molecule has 5 nitrogen and oxygen atoms in total. The molecular weight excluding hydrogens is 246 g/mol. The van der Waals surface area contributed by atoms with Crippen LogP contribution >= 0.6 is 0 Å². The van der Waals surface area contributed by atoms with Gasteiger partial charge in [-0.2, -0.15) is 0 Å². The van der Waals surface area contributed by atoms with Gasteiger partial charge in [0.05, 0.1) is 6.61 Å². The molecule has 1 rings (SSSR count). The third-order valence-electron chi connectivity index (χ3n) is 2.40. The van der Waals surface area contributed by atoms with E-state index in [0.717, 1.165) is 11.6 Å². The van der Waals surface area contributed by atoms with Gasteiger partial charge in [-0.25, -0.2) is 4.79 Å². The molecule has 0 saturated heterocycles. The van der Waals surface area contributed by atoms with Crippen LogP contribution < -0.4 is 5.32 Å². The number of hydrogen-bond donors (Lipinski definition) is 2. The molecule has 0 aliphatic heterocycles. The zero-order valence-corrected chi connectivity index (χ0v) is 10.5. The number of nitrogens with one attached hydrogen (secondary N) is 1. The highest BCUT2D eigenvalue weighted by Crippen LogP contribution is 2.05. The summed E-state index contributed by atoms with van der Waals surface area (Å²) < 4.78 is 4.83. The number of amides is 1. The molecule has 1 aromatic rings. The smallest absolute Gasteiger partial charge is 0.329 e. The molecule has 5 heteroatoms. The number of hydrogen-bond acceptors (Lipinski definition) is 4. The van der Waals surface area contributed by atoms with Gasteiger partial charge in [-0.3, -0.25) is 4.79 Å². The summed E-state index contributed by atoms with van der Waals surface area (Å²) in [7, 11) is 0. The van der Waals surface area contributed by atoms with Crippen LogP contribution in [0.3, 0.4) is 0 Å². The van der Waals surface area contributed by atoms with E-state index < -0.39 is 17.9 Å². The van der Waals surface area contributed by atoms with Gasteiger partial charge in [0, 0.05) is 6.42 Å². The van der Waals surface area contributed by atoms with E-state index in [2.05, 4.69) is 11.9 Å². The highest BCUT2D eigenvalue weighted by molar-refractivity contribution is 5.91. The maximum atomic E-state index is 11.8. The maximum absolute atomic E-state index is 11.8. The average molecular weight is 263 g/mol. The van der Waals surface area contributed by atoms with Crippen LogP contribution in [0, 0.1) is 0 Å². The molecule has 0 aliphatic rings. The number of esters is 1. The summed E-state index contributed by atoms with van der Waals surface area (Å²) in [5.41, 5.74) is 0.901. The molecule has 0 saturated carbocycles. The zero-order valence-electron chi connectivity index (χ0n) is 10.5. The lowest BCUT2D eigenvalue weighted by Gasteiger charge is -2.16. The van der Waals surface area contributed by atoms with E-state index in [4.69, 9.17) is 9.84 Å². The van der Waals surface area contributed by atoms with Gasteiger partial charge >= 0.3 is 5.97 Å². The van der Waals surface area contributed by atoms with Crippen LogP contribution in [0.5, 0.6) is 0 Å². The van der Waals surface area contributed by atoms with Gasteiger partial charge in [0.2, 0.25) is 5.91 Å². The summed E-state index contributed by atoms with van der Waals surface area (Å²) in [6, 6.07) is 8.48. The normalized spacial score (nSPS) is 11.4. The summed E-state index contributed by atoms with van der Waals surface area (Å²) in [4.78, 5) is 23.1. The fourth-order valence-corrected chi connectivity index (χ4v) is 1.52. The molecule has 0 spiro atoms. The molecule has 1 amide bonds. The van der Waals surface area contributed by atoms with E-state index in [1.807, 2.05) is 30.3 Å². The Bertz CT molecular complexity index is 430. The Kier molecular flexibility index (Phi) is 6.32. The van der Waals surface area contributed by atoms with Gasteiger partial charge in [0.25, 0.3) is 0 Å². The molecule has 0 bridgehead atoms. The predicted octanol–water partition coefficient (Wildman–Crippen LogP) is 0.435. The Morgan fingerprint density at radius 2 is 2.05 bits per heavy atom. The first-order chi connectivity index (χ1) is 9.17. The minimum atomic E-state index is -0.792. The number of ether oxygens (including phenoxy) is 1. The van der Waals surface area contributed by atoms with Gasteiger partial charge in [0.1, 0.15) is 12.6 Å². The SMILES string of the molecule is C=CC(=O)NC(Cc1ccccc1)C(=O)OCCO. The summed E-state index contributed by atoms with van der Waals surface area (Å²) in [5.74, 6) is -1.02. The maximum Gasteiger partial charge on any atom is 0.329 e. The highest BCUT2D eigenvalue weighted by Gasteiger charge is 2.21. The van der Waals surface area contributed by atoms with E-state index in [1.165, 1.54) is 0 Å². The molecule has 1 unspecified atom stereocenters. The van der Waals surface area contributed by atoms with Crippen molar-refractivity contribution < 1.29 is 19.4 Å². The lowest BCUT2D eigenvalue weighted by atomic mass is 10.1. The fourth-order valence-electron chi connectivity index (χ4n) is 1.52. The number of benzene rings is 1. The van der Waals surface area contributed by atoms with Crippen LogP contribution in [-0.2, 0) is 20.7 Å². The van der Waals surface area contributed by atoms with Gasteiger partial charge in [-0.1, -0.05) is 36.9 Å². The Balaban J connectivity index is 2.71. The molecule has 0 radical (unpaired) electrons. The van der Waals surface area contributed by atoms with Crippen LogP contribution in [0.2, 0.25) is 0 Å². The molecule has 2 N–H and O–H groups in total. The second kappa shape index (κ2) is 8.05. The number of rotatable bonds is 7. The van der Waals surface area contributed by atoms with Crippen LogP contribution in [0.15, 0.2) is 43.0 Å². The Morgan fingerprint density at radius 3 is 2.63 bits per heavy atom. The number of carbonyl (C=O) groups excluding carboxylic acids is 2. The van der Waals surface area contributed by atoms with Gasteiger partial charge < -0.3 is 15.2 Å². The van der Waals surface area contributed by atoms with Gasteiger partial charge in [0.15, 0.2) is 0 Å². The van der Waals surface area contributed by atoms with E-state index in [-0.39, 0.29) is 13.2 Å². The van der Waals surface area contributed by atoms with Crippen molar-refractivity contribution >= 4 is 11.9 Å². The molecule has 1 aromatic carbocycles.